The molecule has 2 aromatic rings. The molecule has 6 nitrogen and oxygen atoms in total. The molecule has 0 saturated heterocycles. The van der Waals surface area contributed by atoms with Crippen molar-refractivity contribution in [1.82, 2.24) is 25.4 Å². The van der Waals surface area contributed by atoms with Gasteiger partial charge in [-0.3, -0.25) is 0 Å². The average Bonchev–Trinajstić information content (AvgIpc) is 3.36. The summed E-state index contributed by atoms with van der Waals surface area (Å²) in [7, 11) is 1.95. The van der Waals surface area contributed by atoms with Gasteiger partial charge in [0.1, 0.15) is 12.4 Å². The van der Waals surface area contributed by atoms with Crippen molar-refractivity contribution in [2.75, 3.05) is 13.1 Å². The molecule has 0 atom stereocenters. The monoisotopic (exact) mass is 544 g/mol. The standard InChI is InChI=1S/C19H25BrN6.HI/c1-4-11-21-18(22-12-17-25-24-14(2)26(17)3)23-13-19(9-10-19)15-7-5-6-8-16(15)20;/h4-8H,1,9-13H2,2-3H3,(H2,21,22,23);1H. The fraction of sp³-hybridized carbons (Fsp3) is 0.421. The first-order chi connectivity index (χ1) is 12.6. The van der Waals surface area contributed by atoms with Crippen molar-refractivity contribution in [3.8, 4) is 0 Å². The Hall–Kier alpha value is -1.42. The molecule has 0 amide bonds. The molecule has 3 rings (SSSR count). The normalized spacial score (nSPS) is 15.0. The Balaban J connectivity index is 0.00000261. The highest BCUT2D eigenvalue weighted by Gasteiger charge is 2.45. The maximum Gasteiger partial charge on any atom is 0.191 e. The highest BCUT2D eigenvalue weighted by Crippen LogP contribution is 2.49. The van der Waals surface area contributed by atoms with E-state index >= 15 is 0 Å². The Morgan fingerprint density at radius 2 is 2.07 bits per heavy atom. The fourth-order valence-corrected chi connectivity index (χ4v) is 3.62. The quantitative estimate of drug-likeness (QED) is 0.242. The van der Waals surface area contributed by atoms with Gasteiger partial charge in [-0.05, 0) is 31.4 Å². The van der Waals surface area contributed by atoms with Crippen molar-refractivity contribution in [3.63, 3.8) is 0 Å². The Morgan fingerprint density at radius 3 is 2.67 bits per heavy atom. The number of benzene rings is 1. The third kappa shape index (κ3) is 5.31. The molecule has 1 heterocycles. The summed E-state index contributed by atoms with van der Waals surface area (Å²) < 4.78 is 3.13. The largest absolute Gasteiger partial charge is 0.355 e. The minimum Gasteiger partial charge on any atom is -0.355 e. The van der Waals surface area contributed by atoms with E-state index in [2.05, 4.69) is 72.6 Å². The van der Waals surface area contributed by atoms with Crippen LogP contribution < -0.4 is 10.6 Å². The smallest absolute Gasteiger partial charge is 0.191 e. The Kier molecular flexibility index (Phi) is 7.84. The molecular formula is C19H26BrIN6. The molecule has 1 saturated carbocycles. The van der Waals surface area contributed by atoms with Gasteiger partial charge >= 0.3 is 0 Å². The predicted molar refractivity (Wildman–Crippen MR) is 124 cm³/mol. The SMILES string of the molecule is C=CCNC(=NCc1nnc(C)n1C)NCC1(c2ccccc2Br)CC1.I. The zero-order valence-corrected chi connectivity index (χ0v) is 19.6. The van der Waals surface area contributed by atoms with Gasteiger partial charge in [-0.25, -0.2) is 4.99 Å². The van der Waals surface area contributed by atoms with E-state index in [9.17, 15) is 0 Å². The van der Waals surface area contributed by atoms with Crippen LogP contribution in [0.4, 0.5) is 0 Å². The van der Waals surface area contributed by atoms with E-state index in [1.807, 2.05) is 24.6 Å². The summed E-state index contributed by atoms with van der Waals surface area (Å²) >= 11 is 3.69. The lowest BCUT2D eigenvalue weighted by Gasteiger charge is -2.20. The van der Waals surface area contributed by atoms with E-state index in [1.54, 1.807) is 0 Å². The second kappa shape index (κ2) is 9.68. The lowest BCUT2D eigenvalue weighted by atomic mass is 9.96. The maximum absolute atomic E-state index is 4.66. The van der Waals surface area contributed by atoms with Gasteiger partial charge in [0.2, 0.25) is 0 Å². The number of halogens is 2. The third-order valence-electron chi connectivity index (χ3n) is 4.87. The van der Waals surface area contributed by atoms with E-state index < -0.39 is 0 Å². The van der Waals surface area contributed by atoms with E-state index in [-0.39, 0.29) is 29.4 Å². The molecule has 27 heavy (non-hydrogen) atoms. The van der Waals surface area contributed by atoms with Crippen molar-refractivity contribution in [2.45, 2.75) is 31.7 Å². The van der Waals surface area contributed by atoms with Crippen LogP contribution in [-0.2, 0) is 19.0 Å². The molecule has 0 aliphatic heterocycles. The summed E-state index contributed by atoms with van der Waals surface area (Å²) in [5.74, 6) is 2.49. The molecule has 0 unspecified atom stereocenters. The highest BCUT2D eigenvalue weighted by atomic mass is 127. The van der Waals surface area contributed by atoms with Gasteiger partial charge in [0.15, 0.2) is 11.8 Å². The van der Waals surface area contributed by atoms with Crippen LogP contribution in [0.3, 0.4) is 0 Å². The van der Waals surface area contributed by atoms with Crippen molar-refractivity contribution in [2.24, 2.45) is 12.0 Å². The molecule has 1 fully saturated rings. The zero-order chi connectivity index (χ0) is 18.6. The summed E-state index contributed by atoms with van der Waals surface area (Å²) in [6.07, 6.45) is 4.18. The number of nitrogens with one attached hydrogen (secondary N) is 2. The van der Waals surface area contributed by atoms with E-state index in [0.29, 0.717) is 13.1 Å². The maximum atomic E-state index is 4.66. The summed E-state index contributed by atoms with van der Waals surface area (Å²) in [4.78, 5) is 4.66. The van der Waals surface area contributed by atoms with Crippen molar-refractivity contribution >= 4 is 45.9 Å². The van der Waals surface area contributed by atoms with Crippen molar-refractivity contribution in [1.29, 1.82) is 0 Å². The van der Waals surface area contributed by atoms with Crippen LogP contribution in [0.2, 0.25) is 0 Å². The molecule has 2 N–H and O–H groups in total. The molecule has 1 aliphatic rings. The summed E-state index contributed by atoms with van der Waals surface area (Å²) in [5, 5.41) is 15.0. The summed E-state index contributed by atoms with van der Waals surface area (Å²) in [6.45, 7) is 7.69. The summed E-state index contributed by atoms with van der Waals surface area (Å²) in [6, 6.07) is 8.46. The number of hydrogen-bond acceptors (Lipinski definition) is 3. The Bertz CT molecular complexity index is 812. The van der Waals surface area contributed by atoms with Gasteiger partial charge in [-0.15, -0.1) is 40.8 Å². The molecule has 0 bridgehead atoms. The number of guanidine groups is 1. The predicted octanol–water partition coefficient (Wildman–Crippen LogP) is 3.46. The van der Waals surface area contributed by atoms with Crippen LogP contribution in [0.25, 0.3) is 0 Å². The molecule has 0 spiro atoms. The van der Waals surface area contributed by atoms with Gasteiger partial charge < -0.3 is 15.2 Å². The second-order valence-corrected chi connectivity index (χ2v) is 7.52. The Morgan fingerprint density at radius 1 is 1.33 bits per heavy atom. The molecule has 146 valence electrons. The van der Waals surface area contributed by atoms with Gasteiger partial charge in [-0.2, -0.15) is 0 Å². The van der Waals surface area contributed by atoms with Crippen LogP contribution >= 0.6 is 39.9 Å². The van der Waals surface area contributed by atoms with Crippen LogP contribution in [0.1, 0.15) is 30.1 Å². The molecule has 8 heteroatoms. The Labute approximate surface area is 186 Å². The van der Waals surface area contributed by atoms with Crippen molar-refractivity contribution in [3.05, 3.63) is 58.6 Å². The van der Waals surface area contributed by atoms with Gasteiger partial charge in [-0.1, -0.05) is 40.2 Å². The molecule has 1 aromatic carbocycles. The van der Waals surface area contributed by atoms with E-state index in [4.69, 9.17) is 0 Å². The lowest BCUT2D eigenvalue weighted by molar-refractivity contribution is 0.643. The lowest BCUT2D eigenvalue weighted by Crippen LogP contribution is -2.41. The first-order valence-corrected chi connectivity index (χ1v) is 9.58. The van der Waals surface area contributed by atoms with Gasteiger partial charge in [0.25, 0.3) is 0 Å². The van der Waals surface area contributed by atoms with Crippen LogP contribution in [0.15, 0.2) is 46.4 Å². The van der Waals surface area contributed by atoms with Crippen molar-refractivity contribution < 1.29 is 0 Å². The number of rotatable bonds is 7. The van der Waals surface area contributed by atoms with E-state index in [1.165, 1.54) is 22.9 Å². The van der Waals surface area contributed by atoms with Gasteiger partial charge in [0.05, 0.1) is 0 Å². The number of aryl methyl sites for hydroxylation is 1. The van der Waals surface area contributed by atoms with Crippen LogP contribution in [0.5, 0.6) is 0 Å². The second-order valence-electron chi connectivity index (χ2n) is 6.67. The first kappa shape index (κ1) is 21.9. The molecule has 1 aromatic heterocycles. The molecule has 1 aliphatic carbocycles. The first-order valence-electron chi connectivity index (χ1n) is 8.79. The number of aliphatic imine (C=N–C) groups is 1. The topological polar surface area (TPSA) is 67.1 Å². The highest BCUT2D eigenvalue weighted by molar-refractivity contribution is 14.0. The number of aromatic nitrogens is 3. The van der Waals surface area contributed by atoms with Gasteiger partial charge in [0, 0.05) is 30.0 Å². The molecule has 0 radical (unpaired) electrons. The fourth-order valence-electron chi connectivity index (χ4n) is 2.92. The number of hydrogen-bond donors (Lipinski definition) is 2. The zero-order valence-electron chi connectivity index (χ0n) is 15.7. The minimum atomic E-state index is 0. The van der Waals surface area contributed by atoms with Crippen LogP contribution in [-0.4, -0.2) is 33.8 Å². The third-order valence-corrected chi connectivity index (χ3v) is 5.56. The average molecular weight is 545 g/mol. The van der Waals surface area contributed by atoms with Crippen LogP contribution in [0, 0.1) is 6.92 Å². The van der Waals surface area contributed by atoms with E-state index in [0.717, 1.165) is 24.2 Å². The minimum absolute atomic E-state index is 0. The molecular weight excluding hydrogens is 519 g/mol. The summed E-state index contributed by atoms with van der Waals surface area (Å²) in [5.41, 5.74) is 1.54. The number of nitrogens with zero attached hydrogens (tertiary/aromatic N) is 4.